The minimum atomic E-state index is -0.228. The van der Waals surface area contributed by atoms with Gasteiger partial charge in [-0.05, 0) is 48.5 Å². The Labute approximate surface area is 140 Å². The topological polar surface area (TPSA) is 77.2 Å². The molecule has 1 aromatic heterocycles. The van der Waals surface area contributed by atoms with Crippen molar-refractivity contribution in [2.45, 2.75) is 0 Å². The van der Waals surface area contributed by atoms with Crippen LogP contribution < -0.4 is 10.1 Å². The Bertz CT molecular complexity index is 771. The third-order valence-corrected chi connectivity index (χ3v) is 3.49. The quantitative estimate of drug-likeness (QED) is 0.740. The van der Waals surface area contributed by atoms with Gasteiger partial charge < -0.3 is 14.5 Å². The molecule has 0 aliphatic rings. The van der Waals surface area contributed by atoms with Crippen molar-refractivity contribution in [2.75, 3.05) is 11.9 Å². The molecule has 6 nitrogen and oxygen atoms in total. The fraction of sp³-hybridized carbons (Fsp3) is 0.0625. The molecule has 0 saturated carbocycles. The summed E-state index contributed by atoms with van der Waals surface area (Å²) < 4.78 is 11.5. The second-order valence-electron chi connectivity index (χ2n) is 4.61. The number of halogens is 1. The normalized spacial score (nSPS) is 10.3. The van der Waals surface area contributed by atoms with Crippen LogP contribution in [0, 0.1) is 0 Å². The summed E-state index contributed by atoms with van der Waals surface area (Å²) in [6, 6.07) is 14.4. The van der Waals surface area contributed by atoms with Crippen molar-refractivity contribution >= 4 is 27.5 Å². The van der Waals surface area contributed by atoms with Gasteiger partial charge in [0, 0.05) is 15.7 Å². The maximum atomic E-state index is 11.8. The van der Waals surface area contributed by atoms with Crippen LogP contribution in [0.4, 0.5) is 5.69 Å². The standard InChI is InChI=1S/C16H12BrN3O3/c17-12-3-5-13(6-4-12)19-15(21)9-22-14-7-1-11(2-8-14)16-20-18-10-23-16/h1-8,10H,9H2,(H,19,21). The number of amides is 1. The van der Waals surface area contributed by atoms with Crippen molar-refractivity contribution in [3.63, 3.8) is 0 Å². The van der Waals surface area contributed by atoms with E-state index in [-0.39, 0.29) is 12.5 Å². The lowest BCUT2D eigenvalue weighted by Crippen LogP contribution is -2.20. The molecular weight excluding hydrogens is 362 g/mol. The summed E-state index contributed by atoms with van der Waals surface area (Å²) in [6.07, 6.45) is 1.27. The highest BCUT2D eigenvalue weighted by Gasteiger charge is 2.06. The highest BCUT2D eigenvalue weighted by atomic mass is 79.9. The summed E-state index contributed by atoms with van der Waals surface area (Å²) in [5.74, 6) is 0.789. The number of aromatic nitrogens is 2. The van der Waals surface area contributed by atoms with Gasteiger partial charge in [-0.15, -0.1) is 10.2 Å². The monoisotopic (exact) mass is 373 g/mol. The molecule has 1 N–H and O–H groups in total. The molecule has 1 heterocycles. The minimum absolute atomic E-state index is 0.0734. The van der Waals surface area contributed by atoms with Crippen LogP contribution in [-0.2, 0) is 4.79 Å². The zero-order chi connectivity index (χ0) is 16.1. The second kappa shape index (κ2) is 7.06. The summed E-state index contributed by atoms with van der Waals surface area (Å²) >= 11 is 3.34. The van der Waals surface area contributed by atoms with Gasteiger partial charge in [-0.2, -0.15) is 0 Å². The van der Waals surface area contributed by atoms with E-state index in [1.54, 1.807) is 36.4 Å². The Kier molecular flexibility index (Phi) is 4.68. The van der Waals surface area contributed by atoms with Crippen LogP contribution in [0.2, 0.25) is 0 Å². The van der Waals surface area contributed by atoms with Crippen LogP contribution in [0.25, 0.3) is 11.5 Å². The van der Waals surface area contributed by atoms with Crippen LogP contribution in [0.15, 0.2) is 63.8 Å². The number of hydrogen-bond donors (Lipinski definition) is 1. The van der Waals surface area contributed by atoms with Crippen LogP contribution in [0.1, 0.15) is 0 Å². The molecule has 0 radical (unpaired) electrons. The Balaban J connectivity index is 1.53. The van der Waals surface area contributed by atoms with E-state index in [9.17, 15) is 4.79 Å². The van der Waals surface area contributed by atoms with Gasteiger partial charge in [-0.1, -0.05) is 15.9 Å². The van der Waals surface area contributed by atoms with Crippen LogP contribution in [0.3, 0.4) is 0 Å². The molecule has 0 spiro atoms. The number of hydrogen-bond acceptors (Lipinski definition) is 5. The van der Waals surface area contributed by atoms with E-state index in [4.69, 9.17) is 9.15 Å². The largest absolute Gasteiger partial charge is 0.484 e. The predicted octanol–water partition coefficient (Wildman–Crippen LogP) is 3.52. The van der Waals surface area contributed by atoms with Crippen molar-refractivity contribution in [3.8, 4) is 17.2 Å². The third-order valence-electron chi connectivity index (χ3n) is 2.96. The Hall–Kier alpha value is -2.67. The Morgan fingerprint density at radius 2 is 1.87 bits per heavy atom. The zero-order valence-corrected chi connectivity index (χ0v) is 13.5. The van der Waals surface area contributed by atoms with Gasteiger partial charge in [0.2, 0.25) is 12.3 Å². The van der Waals surface area contributed by atoms with E-state index in [1.807, 2.05) is 12.1 Å². The first-order valence-electron chi connectivity index (χ1n) is 6.75. The molecule has 0 bridgehead atoms. The second-order valence-corrected chi connectivity index (χ2v) is 5.53. The smallest absolute Gasteiger partial charge is 0.262 e. The molecule has 0 aliphatic heterocycles. The number of benzene rings is 2. The first kappa shape index (κ1) is 15.2. The van der Waals surface area contributed by atoms with Crippen molar-refractivity contribution < 1.29 is 13.9 Å². The summed E-state index contributed by atoms with van der Waals surface area (Å²) in [5.41, 5.74) is 1.50. The maximum Gasteiger partial charge on any atom is 0.262 e. The van der Waals surface area contributed by atoms with Crippen molar-refractivity contribution in [1.29, 1.82) is 0 Å². The van der Waals surface area contributed by atoms with Gasteiger partial charge in [0.15, 0.2) is 6.61 Å². The molecule has 1 amide bonds. The van der Waals surface area contributed by atoms with Gasteiger partial charge >= 0.3 is 0 Å². The summed E-state index contributed by atoms with van der Waals surface area (Å²) in [6.45, 7) is -0.0734. The number of anilines is 1. The molecule has 3 rings (SSSR count). The van der Waals surface area contributed by atoms with Gasteiger partial charge in [-0.3, -0.25) is 4.79 Å². The van der Waals surface area contributed by atoms with Crippen LogP contribution in [-0.4, -0.2) is 22.7 Å². The molecule has 3 aromatic rings. The van der Waals surface area contributed by atoms with Gasteiger partial charge in [-0.25, -0.2) is 0 Å². The van der Waals surface area contributed by atoms with Gasteiger partial charge in [0.1, 0.15) is 5.75 Å². The molecule has 0 atom stereocenters. The highest BCUT2D eigenvalue weighted by molar-refractivity contribution is 9.10. The number of rotatable bonds is 5. The van der Waals surface area contributed by atoms with Gasteiger partial charge in [0.25, 0.3) is 5.91 Å². The molecular formula is C16H12BrN3O3. The fourth-order valence-corrected chi connectivity index (χ4v) is 2.14. The Morgan fingerprint density at radius 1 is 1.13 bits per heavy atom. The molecule has 23 heavy (non-hydrogen) atoms. The summed E-state index contributed by atoms with van der Waals surface area (Å²) in [4.78, 5) is 11.8. The molecule has 0 aliphatic carbocycles. The number of nitrogens with zero attached hydrogens (tertiary/aromatic N) is 2. The number of ether oxygens (including phenoxy) is 1. The van der Waals surface area contributed by atoms with Crippen LogP contribution >= 0.6 is 15.9 Å². The molecule has 0 fully saturated rings. The van der Waals surface area contributed by atoms with Crippen molar-refractivity contribution in [3.05, 3.63) is 59.4 Å². The van der Waals surface area contributed by atoms with E-state index < -0.39 is 0 Å². The molecule has 116 valence electrons. The molecule has 0 saturated heterocycles. The van der Waals surface area contributed by atoms with Crippen molar-refractivity contribution in [1.82, 2.24) is 10.2 Å². The van der Waals surface area contributed by atoms with E-state index in [2.05, 4.69) is 31.4 Å². The van der Waals surface area contributed by atoms with E-state index >= 15 is 0 Å². The average Bonchev–Trinajstić information content (AvgIpc) is 3.10. The summed E-state index contributed by atoms with van der Waals surface area (Å²) in [7, 11) is 0. The van der Waals surface area contributed by atoms with Crippen molar-refractivity contribution in [2.24, 2.45) is 0 Å². The molecule has 7 heteroatoms. The highest BCUT2D eigenvalue weighted by Crippen LogP contribution is 2.20. The maximum absolute atomic E-state index is 11.8. The number of carbonyl (C=O) groups is 1. The first-order valence-corrected chi connectivity index (χ1v) is 7.55. The first-order chi connectivity index (χ1) is 11.2. The van der Waals surface area contributed by atoms with E-state index in [0.717, 1.165) is 10.0 Å². The zero-order valence-electron chi connectivity index (χ0n) is 11.9. The average molecular weight is 374 g/mol. The summed E-state index contributed by atoms with van der Waals surface area (Å²) in [5, 5.41) is 10.2. The van der Waals surface area contributed by atoms with E-state index in [1.165, 1.54) is 6.39 Å². The van der Waals surface area contributed by atoms with Crippen LogP contribution in [0.5, 0.6) is 5.75 Å². The SMILES string of the molecule is O=C(COc1ccc(-c2nnco2)cc1)Nc1ccc(Br)cc1. The van der Waals surface area contributed by atoms with Gasteiger partial charge in [0.05, 0.1) is 0 Å². The third kappa shape index (κ3) is 4.17. The Morgan fingerprint density at radius 3 is 2.52 bits per heavy atom. The lowest BCUT2D eigenvalue weighted by Gasteiger charge is -2.08. The number of nitrogens with one attached hydrogen (secondary N) is 1. The van der Waals surface area contributed by atoms with E-state index in [0.29, 0.717) is 17.3 Å². The fourth-order valence-electron chi connectivity index (χ4n) is 1.87. The lowest BCUT2D eigenvalue weighted by molar-refractivity contribution is -0.118. The minimum Gasteiger partial charge on any atom is -0.484 e. The molecule has 0 unspecified atom stereocenters. The predicted molar refractivity (Wildman–Crippen MR) is 88.0 cm³/mol. The number of carbonyl (C=O) groups excluding carboxylic acids is 1. The molecule has 2 aromatic carbocycles. The lowest BCUT2D eigenvalue weighted by atomic mass is 10.2.